The molecule has 0 aliphatic carbocycles. The molecule has 128 valence electrons. The van der Waals surface area contributed by atoms with E-state index < -0.39 is 0 Å². The van der Waals surface area contributed by atoms with Crippen LogP contribution in [0.1, 0.15) is 28.4 Å². The van der Waals surface area contributed by atoms with Crippen molar-refractivity contribution < 1.29 is 9.53 Å². The fourth-order valence-corrected chi connectivity index (χ4v) is 2.49. The zero-order chi connectivity index (χ0) is 18.0. The van der Waals surface area contributed by atoms with Gasteiger partial charge in [0.25, 0.3) is 0 Å². The van der Waals surface area contributed by atoms with Crippen LogP contribution in [0.2, 0.25) is 0 Å². The maximum Gasteiger partial charge on any atom is 0.368 e. The molecule has 0 unspecified atom stereocenters. The number of nitrogens with zero attached hydrogens (tertiary/aromatic N) is 4. The molecule has 0 fully saturated rings. The minimum Gasteiger partial charge on any atom is -0.489 e. The van der Waals surface area contributed by atoms with E-state index in [-0.39, 0.29) is 18.1 Å². The number of tetrazole rings is 1. The molecule has 7 heteroatoms. The van der Waals surface area contributed by atoms with Crippen LogP contribution in [0.3, 0.4) is 0 Å². The quantitative estimate of drug-likeness (QED) is 0.665. The van der Waals surface area contributed by atoms with E-state index in [0.29, 0.717) is 17.0 Å². The minimum atomic E-state index is -0.325. The summed E-state index contributed by atoms with van der Waals surface area (Å²) in [5.74, 6) is 0.702. The van der Waals surface area contributed by atoms with Gasteiger partial charge < -0.3 is 4.74 Å². The molecule has 0 bridgehead atoms. The molecule has 0 aliphatic rings. The molecule has 25 heavy (non-hydrogen) atoms. The van der Waals surface area contributed by atoms with Gasteiger partial charge in [-0.1, -0.05) is 18.2 Å². The number of ether oxygens (including phenoxy) is 1. The summed E-state index contributed by atoms with van der Waals surface area (Å²) in [6, 6.07) is 12.7. The lowest BCUT2D eigenvalue weighted by atomic mass is 10.1. The van der Waals surface area contributed by atoms with E-state index in [2.05, 4.69) is 10.4 Å². The van der Waals surface area contributed by atoms with Crippen molar-refractivity contribution in [2.75, 3.05) is 0 Å². The minimum absolute atomic E-state index is 0.0158. The molecule has 0 N–H and O–H groups in total. The largest absolute Gasteiger partial charge is 0.489 e. The standard InChI is InChI=1S/C18H18N4O3/c1-12-10-14(13(2)23)8-9-17(12)25-11-15-6-4-5-7-16(15)22-18(24)21(3)19-20-22/h4-10H,11H2,1-3H3. The highest BCUT2D eigenvalue weighted by Gasteiger charge is 2.12. The third kappa shape index (κ3) is 3.35. The first-order valence-corrected chi connectivity index (χ1v) is 7.79. The fraction of sp³-hybridized carbons (Fsp3) is 0.222. The van der Waals surface area contributed by atoms with Gasteiger partial charge in [-0.15, -0.1) is 0 Å². The molecule has 0 amide bonds. The molecule has 0 saturated heterocycles. The van der Waals surface area contributed by atoms with E-state index in [9.17, 15) is 9.59 Å². The molecule has 0 radical (unpaired) electrons. The Labute approximate surface area is 144 Å². The first-order valence-electron chi connectivity index (χ1n) is 7.79. The lowest BCUT2D eigenvalue weighted by Crippen LogP contribution is -2.23. The van der Waals surface area contributed by atoms with Crippen LogP contribution in [0, 0.1) is 6.92 Å². The normalized spacial score (nSPS) is 10.7. The summed E-state index contributed by atoms with van der Waals surface area (Å²) < 4.78 is 8.29. The Hall–Kier alpha value is -3.22. The van der Waals surface area contributed by atoms with Crippen LogP contribution in [-0.2, 0) is 13.7 Å². The number of aromatic nitrogens is 4. The van der Waals surface area contributed by atoms with Gasteiger partial charge in [-0.2, -0.15) is 9.36 Å². The Morgan fingerprint density at radius 3 is 2.56 bits per heavy atom. The van der Waals surface area contributed by atoms with Gasteiger partial charge in [0.15, 0.2) is 5.78 Å². The van der Waals surface area contributed by atoms with Gasteiger partial charge >= 0.3 is 5.69 Å². The number of rotatable bonds is 5. The number of Topliss-reactive ketones (excluding diaryl/α,β-unsaturated/α-hetero) is 1. The smallest absolute Gasteiger partial charge is 0.368 e. The topological polar surface area (TPSA) is 79.0 Å². The molecule has 1 aromatic heterocycles. The zero-order valence-electron chi connectivity index (χ0n) is 14.3. The van der Waals surface area contributed by atoms with Crippen molar-refractivity contribution in [3.8, 4) is 11.4 Å². The van der Waals surface area contributed by atoms with Crippen molar-refractivity contribution >= 4 is 5.78 Å². The molecule has 7 nitrogen and oxygen atoms in total. The van der Waals surface area contributed by atoms with Gasteiger partial charge in [-0.25, -0.2) is 4.79 Å². The maximum atomic E-state index is 12.1. The molecule has 0 saturated carbocycles. The SMILES string of the molecule is CC(=O)c1ccc(OCc2ccccc2-n2nnn(C)c2=O)c(C)c1. The molecule has 3 aromatic rings. The zero-order valence-corrected chi connectivity index (χ0v) is 14.3. The predicted molar refractivity (Wildman–Crippen MR) is 92.1 cm³/mol. The van der Waals surface area contributed by atoms with Crippen molar-refractivity contribution in [1.82, 2.24) is 19.8 Å². The Morgan fingerprint density at radius 1 is 1.16 bits per heavy atom. The predicted octanol–water partition coefficient (Wildman–Crippen LogP) is 2.06. The summed E-state index contributed by atoms with van der Waals surface area (Å²) in [7, 11) is 1.55. The highest BCUT2D eigenvalue weighted by Crippen LogP contribution is 2.22. The number of aryl methyl sites for hydroxylation is 2. The first kappa shape index (κ1) is 16.6. The Balaban J connectivity index is 1.87. The van der Waals surface area contributed by atoms with Crippen molar-refractivity contribution in [3.63, 3.8) is 0 Å². The number of benzene rings is 2. The van der Waals surface area contributed by atoms with Crippen LogP contribution in [-0.4, -0.2) is 25.6 Å². The highest BCUT2D eigenvalue weighted by atomic mass is 16.5. The average molecular weight is 338 g/mol. The second-order valence-corrected chi connectivity index (χ2v) is 5.75. The average Bonchev–Trinajstić information content (AvgIpc) is 2.93. The number of hydrogen-bond acceptors (Lipinski definition) is 5. The van der Waals surface area contributed by atoms with Crippen LogP contribution < -0.4 is 10.4 Å². The van der Waals surface area contributed by atoms with Crippen LogP contribution in [0.15, 0.2) is 47.3 Å². The molecule has 1 heterocycles. The molecule has 2 aromatic carbocycles. The van der Waals surface area contributed by atoms with E-state index in [4.69, 9.17) is 4.74 Å². The lowest BCUT2D eigenvalue weighted by Gasteiger charge is -2.12. The Morgan fingerprint density at radius 2 is 1.92 bits per heavy atom. The molecule has 3 rings (SSSR count). The number of para-hydroxylation sites is 1. The third-order valence-electron chi connectivity index (χ3n) is 3.91. The number of hydrogen-bond donors (Lipinski definition) is 0. The molecule has 0 aliphatic heterocycles. The number of ketones is 1. The van der Waals surface area contributed by atoms with Gasteiger partial charge in [0.1, 0.15) is 12.4 Å². The van der Waals surface area contributed by atoms with E-state index >= 15 is 0 Å². The number of carbonyl (C=O) groups is 1. The second-order valence-electron chi connectivity index (χ2n) is 5.75. The maximum absolute atomic E-state index is 12.1. The van der Waals surface area contributed by atoms with Crippen LogP contribution >= 0.6 is 0 Å². The fourth-order valence-electron chi connectivity index (χ4n) is 2.49. The molecule has 0 spiro atoms. The van der Waals surface area contributed by atoms with Gasteiger partial charge in [0, 0.05) is 18.2 Å². The van der Waals surface area contributed by atoms with Crippen LogP contribution in [0.25, 0.3) is 5.69 Å². The van der Waals surface area contributed by atoms with Crippen molar-refractivity contribution in [3.05, 3.63) is 69.6 Å². The van der Waals surface area contributed by atoms with E-state index in [0.717, 1.165) is 11.1 Å². The lowest BCUT2D eigenvalue weighted by molar-refractivity contribution is 0.101. The van der Waals surface area contributed by atoms with Crippen molar-refractivity contribution in [2.24, 2.45) is 7.05 Å². The Kier molecular flexibility index (Phi) is 4.47. The summed E-state index contributed by atoms with van der Waals surface area (Å²) in [5.41, 5.74) is 2.63. The van der Waals surface area contributed by atoms with Gasteiger partial charge in [-0.05, 0) is 54.1 Å². The van der Waals surface area contributed by atoms with Gasteiger partial charge in [0.2, 0.25) is 0 Å². The number of carbonyl (C=O) groups excluding carboxylic acids is 1. The van der Waals surface area contributed by atoms with E-state index in [1.54, 1.807) is 31.3 Å². The summed E-state index contributed by atoms with van der Waals surface area (Å²) in [5, 5.41) is 7.61. The van der Waals surface area contributed by atoms with Crippen LogP contribution in [0.5, 0.6) is 5.75 Å². The van der Waals surface area contributed by atoms with Gasteiger partial charge in [-0.3, -0.25) is 4.79 Å². The highest BCUT2D eigenvalue weighted by molar-refractivity contribution is 5.94. The summed E-state index contributed by atoms with van der Waals surface area (Å²) in [4.78, 5) is 23.5. The summed E-state index contributed by atoms with van der Waals surface area (Å²) in [6.45, 7) is 3.68. The second kappa shape index (κ2) is 6.72. The molecular formula is C18H18N4O3. The summed E-state index contributed by atoms with van der Waals surface area (Å²) >= 11 is 0. The molecule has 0 atom stereocenters. The van der Waals surface area contributed by atoms with Crippen molar-refractivity contribution in [1.29, 1.82) is 0 Å². The molecular weight excluding hydrogens is 320 g/mol. The third-order valence-corrected chi connectivity index (χ3v) is 3.91. The van der Waals surface area contributed by atoms with E-state index in [1.165, 1.54) is 16.3 Å². The van der Waals surface area contributed by atoms with Crippen molar-refractivity contribution in [2.45, 2.75) is 20.5 Å². The summed E-state index contributed by atoms with van der Waals surface area (Å²) in [6.07, 6.45) is 0. The van der Waals surface area contributed by atoms with Gasteiger partial charge in [0.05, 0.1) is 5.69 Å². The first-order chi connectivity index (χ1) is 12.0. The Bertz CT molecular complexity index is 988. The van der Waals surface area contributed by atoms with Crippen LogP contribution in [0.4, 0.5) is 0 Å². The van der Waals surface area contributed by atoms with E-state index in [1.807, 2.05) is 25.1 Å². The monoisotopic (exact) mass is 338 g/mol.